The second-order valence-electron chi connectivity index (χ2n) is 7.76. The summed E-state index contributed by atoms with van der Waals surface area (Å²) in [5, 5.41) is 52.3. The van der Waals surface area contributed by atoms with Crippen LogP contribution in [0.15, 0.2) is 15.8 Å². The number of halogens is 1. The van der Waals surface area contributed by atoms with Gasteiger partial charge in [-0.2, -0.15) is 0 Å². The van der Waals surface area contributed by atoms with Gasteiger partial charge in [-0.3, -0.25) is 9.78 Å². The lowest BCUT2D eigenvalue weighted by Crippen LogP contribution is -2.69. The molecule has 1 aliphatic rings. The van der Waals surface area contributed by atoms with E-state index in [4.69, 9.17) is 4.74 Å². The zero-order chi connectivity index (χ0) is 22.9. The zero-order valence-corrected chi connectivity index (χ0v) is 17.2. The van der Waals surface area contributed by atoms with Gasteiger partial charge in [0, 0.05) is 11.8 Å². The van der Waals surface area contributed by atoms with E-state index in [1.54, 1.807) is 13.8 Å². The molecule has 1 saturated heterocycles. The molecule has 1 fully saturated rings. The second-order valence-corrected chi connectivity index (χ2v) is 7.76. The standard InChI is InChI=1S/C18H30FN3O8/c1-4-5-6-7-13(19)22(29)17(27)14(24)12(9-23)30-18(17,28)21-8-11(10(2)3)15(25)20-16(21)26/h8,10,12-14,23-24,27-29H,4-7,9H2,1-3H3,(H,20,25,26)/t12-,13?,14-,17-,18+/m1/s1. The van der Waals surface area contributed by atoms with Gasteiger partial charge in [0.05, 0.1) is 6.61 Å². The number of aromatic nitrogens is 2. The highest BCUT2D eigenvalue weighted by Gasteiger charge is 2.71. The lowest BCUT2D eigenvalue weighted by Gasteiger charge is -2.43. The maximum Gasteiger partial charge on any atom is 0.332 e. The Morgan fingerprint density at radius 1 is 1.33 bits per heavy atom. The molecule has 0 amide bonds. The monoisotopic (exact) mass is 435 g/mol. The number of unbranched alkanes of at least 4 members (excludes halogenated alkanes) is 2. The van der Waals surface area contributed by atoms with E-state index in [1.165, 1.54) is 0 Å². The van der Waals surface area contributed by atoms with E-state index in [1.807, 2.05) is 11.9 Å². The first kappa shape index (κ1) is 24.6. The van der Waals surface area contributed by atoms with Crippen molar-refractivity contribution in [3.8, 4) is 0 Å². The van der Waals surface area contributed by atoms with Gasteiger partial charge in [-0.15, -0.1) is 5.06 Å². The number of aliphatic hydroxyl groups excluding tert-OH is 2. The van der Waals surface area contributed by atoms with Crippen molar-refractivity contribution in [2.24, 2.45) is 0 Å². The average Bonchev–Trinajstić information content (AvgIpc) is 2.89. The summed E-state index contributed by atoms with van der Waals surface area (Å²) in [4.78, 5) is 26.4. The molecule has 12 heteroatoms. The highest BCUT2D eigenvalue weighted by molar-refractivity contribution is 5.13. The van der Waals surface area contributed by atoms with Crippen LogP contribution in [0.1, 0.15) is 57.9 Å². The van der Waals surface area contributed by atoms with Crippen molar-refractivity contribution in [2.75, 3.05) is 6.61 Å². The minimum Gasteiger partial charge on any atom is -0.394 e. The largest absolute Gasteiger partial charge is 0.394 e. The van der Waals surface area contributed by atoms with Gasteiger partial charge >= 0.3 is 11.6 Å². The number of H-pyrrole nitrogens is 1. The molecular formula is C18H30FN3O8. The molecule has 6 N–H and O–H groups in total. The smallest absolute Gasteiger partial charge is 0.332 e. The number of hydroxylamine groups is 2. The van der Waals surface area contributed by atoms with Crippen LogP contribution in [-0.4, -0.2) is 71.1 Å². The summed E-state index contributed by atoms with van der Waals surface area (Å²) in [5.41, 5.74) is -5.27. The van der Waals surface area contributed by atoms with Crippen LogP contribution < -0.4 is 11.2 Å². The third-order valence-electron chi connectivity index (χ3n) is 5.32. The van der Waals surface area contributed by atoms with Crippen molar-refractivity contribution < 1.29 is 34.8 Å². The van der Waals surface area contributed by atoms with E-state index in [0.717, 1.165) is 12.6 Å². The maximum atomic E-state index is 14.7. The summed E-state index contributed by atoms with van der Waals surface area (Å²) in [6.45, 7) is 4.20. The average molecular weight is 435 g/mol. The fourth-order valence-corrected chi connectivity index (χ4v) is 3.49. The van der Waals surface area contributed by atoms with E-state index < -0.39 is 53.9 Å². The number of nitrogens with one attached hydrogen (secondary N) is 1. The molecule has 30 heavy (non-hydrogen) atoms. The highest BCUT2D eigenvalue weighted by atomic mass is 19.1. The first-order valence-electron chi connectivity index (χ1n) is 9.85. The molecule has 1 aromatic rings. The summed E-state index contributed by atoms with van der Waals surface area (Å²) in [6, 6.07) is 0. The molecule has 0 spiro atoms. The van der Waals surface area contributed by atoms with Gasteiger partial charge in [0.2, 0.25) is 5.72 Å². The van der Waals surface area contributed by atoms with Crippen LogP contribution in [0.25, 0.3) is 0 Å². The number of alkyl halides is 1. The van der Waals surface area contributed by atoms with Crippen LogP contribution in [0.3, 0.4) is 0 Å². The highest BCUT2D eigenvalue weighted by Crippen LogP contribution is 2.44. The summed E-state index contributed by atoms with van der Waals surface area (Å²) >= 11 is 0. The SMILES string of the molecule is CCCCCC(F)N(O)[C@@]1(O)[C@H](O)[C@@H](CO)O[C@]1(O)n1cc(C(C)C)c(=O)[nH]c1=O. The number of aromatic amines is 1. The van der Waals surface area contributed by atoms with Crippen molar-refractivity contribution >= 4 is 0 Å². The molecule has 0 bridgehead atoms. The minimum absolute atomic E-state index is 0.0140. The molecule has 0 aliphatic carbocycles. The van der Waals surface area contributed by atoms with Crippen LogP contribution in [0.5, 0.6) is 0 Å². The predicted molar refractivity (Wildman–Crippen MR) is 101 cm³/mol. The van der Waals surface area contributed by atoms with E-state index in [0.29, 0.717) is 17.4 Å². The third-order valence-corrected chi connectivity index (χ3v) is 5.32. The molecule has 11 nitrogen and oxygen atoms in total. The summed E-state index contributed by atoms with van der Waals surface area (Å²) in [6.07, 6.45) is -3.78. The molecule has 0 saturated carbocycles. The van der Waals surface area contributed by atoms with Gasteiger partial charge in [-0.05, 0) is 18.8 Å². The van der Waals surface area contributed by atoms with Crippen LogP contribution >= 0.6 is 0 Å². The summed E-state index contributed by atoms with van der Waals surface area (Å²) in [7, 11) is 0. The zero-order valence-electron chi connectivity index (χ0n) is 17.2. The first-order valence-corrected chi connectivity index (χ1v) is 9.85. The van der Waals surface area contributed by atoms with Gasteiger partial charge in [0.1, 0.15) is 12.2 Å². The van der Waals surface area contributed by atoms with Gasteiger partial charge in [0.25, 0.3) is 5.56 Å². The maximum absolute atomic E-state index is 14.7. The molecule has 1 aliphatic heterocycles. The number of rotatable bonds is 9. The molecular weight excluding hydrogens is 405 g/mol. The lowest BCUT2D eigenvalue weighted by molar-refractivity contribution is -0.428. The van der Waals surface area contributed by atoms with Crippen molar-refractivity contribution in [2.45, 2.75) is 82.5 Å². The first-order chi connectivity index (χ1) is 13.9. The van der Waals surface area contributed by atoms with Gasteiger partial charge in [0.15, 0.2) is 6.30 Å². The molecule has 172 valence electrons. The van der Waals surface area contributed by atoms with Crippen LogP contribution in [0.2, 0.25) is 0 Å². The van der Waals surface area contributed by atoms with E-state index in [9.17, 15) is 39.6 Å². The number of ether oxygens (including phenoxy) is 1. The lowest BCUT2D eigenvalue weighted by atomic mass is 9.99. The van der Waals surface area contributed by atoms with Gasteiger partial charge in [-0.1, -0.05) is 33.6 Å². The molecule has 1 unspecified atom stereocenters. The normalized spacial score (nSPS) is 30.4. The Morgan fingerprint density at radius 2 is 1.97 bits per heavy atom. The Hall–Kier alpha value is -1.67. The fourth-order valence-electron chi connectivity index (χ4n) is 3.49. The van der Waals surface area contributed by atoms with E-state index in [-0.39, 0.29) is 17.0 Å². The van der Waals surface area contributed by atoms with Crippen molar-refractivity contribution in [1.29, 1.82) is 0 Å². The molecule has 2 rings (SSSR count). The fraction of sp³-hybridized carbons (Fsp3) is 0.778. The summed E-state index contributed by atoms with van der Waals surface area (Å²) in [5.74, 6) is -3.67. The quantitative estimate of drug-likeness (QED) is 0.127. The molecule has 5 atom stereocenters. The Kier molecular flexibility index (Phi) is 7.56. The van der Waals surface area contributed by atoms with Crippen molar-refractivity contribution in [3.63, 3.8) is 0 Å². The number of nitrogens with zero attached hydrogens (tertiary/aromatic N) is 2. The Labute approximate surface area is 171 Å². The molecule has 0 aromatic carbocycles. The third kappa shape index (κ3) is 3.96. The topological polar surface area (TPSA) is 168 Å². The van der Waals surface area contributed by atoms with Crippen molar-refractivity contribution in [1.82, 2.24) is 14.6 Å². The number of aliphatic hydroxyl groups is 4. The number of hydrogen-bond acceptors (Lipinski definition) is 9. The van der Waals surface area contributed by atoms with E-state index >= 15 is 0 Å². The van der Waals surface area contributed by atoms with Crippen molar-refractivity contribution in [3.05, 3.63) is 32.6 Å². The van der Waals surface area contributed by atoms with Gasteiger partial charge < -0.3 is 30.4 Å². The summed E-state index contributed by atoms with van der Waals surface area (Å²) < 4.78 is 20.2. The van der Waals surface area contributed by atoms with Crippen LogP contribution in [-0.2, 0) is 10.6 Å². The van der Waals surface area contributed by atoms with Crippen LogP contribution in [0.4, 0.5) is 4.39 Å². The second kappa shape index (κ2) is 9.22. The Balaban J connectivity index is 2.61. The van der Waals surface area contributed by atoms with Gasteiger partial charge in [-0.25, -0.2) is 13.8 Å². The molecule has 0 radical (unpaired) electrons. The number of hydrogen-bond donors (Lipinski definition) is 6. The minimum atomic E-state index is -3.29. The molecule has 1 aromatic heterocycles. The van der Waals surface area contributed by atoms with E-state index in [2.05, 4.69) is 0 Å². The Bertz CT molecular complexity index is 845. The Morgan fingerprint density at radius 3 is 2.50 bits per heavy atom. The molecule has 2 heterocycles. The van der Waals surface area contributed by atoms with Crippen LogP contribution in [0, 0.1) is 0 Å². The predicted octanol–water partition coefficient (Wildman–Crippen LogP) is -0.730.